The first-order valence-corrected chi connectivity index (χ1v) is 11.8. The van der Waals surface area contributed by atoms with Gasteiger partial charge in [-0.1, -0.05) is 11.6 Å². The number of hydrogen-bond acceptors (Lipinski definition) is 6. The average molecular weight is 492 g/mol. The molecule has 0 saturated heterocycles. The van der Waals surface area contributed by atoms with E-state index in [-0.39, 0.29) is 23.6 Å². The molecular weight excluding hydrogens is 469 g/mol. The minimum absolute atomic E-state index is 0.00844. The van der Waals surface area contributed by atoms with E-state index in [9.17, 15) is 14.0 Å². The van der Waals surface area contributed by atoms with Crippen molar-refractivity contribution < 1.29 is 23.5 Å². The fraction of sp³-hybridized carbons (Fsp3) is 0.348. The number of ether oxygens (including phenoxy) is 2. The molecule has 0 aliphatic heterocycles. The molecule has 3 aromatic rings. The van der Waals surface area contributed by atoms with Crippen LogP contribution >= 0.6 is 22.9 Å². The second-order valence-corrected chi connectivity index (χ2v) is 9.43. The second-order valence-electron chi connectivity index (χ2n) is 7.91. The molecule has 1 N–H and O–H groups in total. The Morgan fingerprint density at radius 2 is 2.06 bits per heavy atom. The van der Waals surface area contributed by atoms with Crippen LogP contribution < -0.4 is 10.1 Å². The van der Waals surface area contributed by atoms with Crippen molar-refractivity contribution in [3.63, 3.8) is 0 Å². The molecule has 7 nitrogen and oxygen atoms in total. The number of halogens is 2. The number of carbonyl (C=O) groups excluding carboxylic acids is 2. The van der Waals surface area contributed by atoms with Gasteiger partial charge in [-0.05, 0) is 63.3 Å². The Morgan fingerprint density at radius 3 is 2.82 bits per heavy atom. The highest BCUT2D eigenvalue weighted by Crippen LogP contribution is 2.39. The van der Waals surface area contributed by atoms with E-state index in [1.165, 1.54) is 34.2 Å². The van der Waals surface area contributed by atoms with Gasteiger partial charge in [-0.2, -0.15) is 5.10 Å². The van der Waals surface area contributed by atoms with Gasteiger partial charge in [-0.3, -0.25) is 4.79 Å². The minimum Gasteiger partial charge on any atom is -0.471 e. The highest BCUT2D eigenvalue weighted by molar-refractivity contribution is 7.17. The van der Waals surface area contributed by atoms with Gasteiger partial charge < -0.3 is 14.8 Å². The molecule has 2 aromatic heterocycles. The first-order valence-electron chi connectivity index (χ1n) is 10.6. The molecule has 33 heavy (non-hydrogen) atoms. The van der Waals surface area contributed by atoms with Crippen molar-refractivity contribution in [2.75, 3.05) is 5.32 Å². The summed E-state index contributed by atoms with van der Waals surface area (Å²) in [6.07, 6.45) is 5.08. The Kier molecular flexibility index (Phi) is 6.99. The van der Waals surface area contributed by atoms with Gasteiger partial charge in [0.2, 0.25) is 0 Å². The molecule has 1 amide bonds. The maximum absolute atomic E-state index is 13.3. The zero-order chi connectivity index (χ0) is 23.5. The summed E-state index contributed by atoms with van der Waals surface area (Å²) < 4.78 is 25.7. The van der Waals surface area contributed by atoms with E-state index >= 15 is 0 Å². The van der Waals surface area contributed by atoms with Crippen molar-refractivity contribution in [2.24, 2.45) is 0 Å². The van der Waals surface area contributed by atoms with E-state index in [0.717, 1.165) is 36.1 Å². The van der Waals surface area contributed by atoms with Gasteiger partial charge in [-0.25, -0.2) is 13.9 Å². The fourth-order valence-electron chi connectivity index (χ4n) is 3.57. The quantitative estimate of drug-likeness (QED) is 0.443. The summed E-state index contributed by atoms with van der Waals surface area (Å²) in [6.45, 7) is 3.60. The number of benzene rings is 1. The number of aromatic nitrogens is 2. The van der Waals surface area contributed by atoms with Gasteiger partial charge in [0.15, 0.2) is 12.4 Å². The third-order valence-electron chi connectivity index (χ3n) is 5.07. The van der Waals surface area contributed by atoms with Crippen LogP contribution in [0.5, 0.6) is 5.75 Å². The van der Waals surface area contributed by atoms with Gasteiger partial charge in [0.25, 0.3) is 5.91 Å². The lowest BCUT2D eigenvalue weighted by Gasteiger charge is -2.14. The van der Waals surface area contributed by atoms with Gasteiger partial charge in [0, 0.05) is 17.1 Å². The zero-order valence-electron chi connectivity index (χ0n) is 18.2. The molecule has 1 aliphatic rings. The molecule has 174 valence electrons. The molecule has 4 rings (SSSR count). The lowest BCUT2D eigenvalue weighted by Crippen LogP contribution is -2.18. The fourth-order valence-corrected chi connectivity index (χ4v) is 5.02. The molecule has 0 bridgehead atoms. The molecule has 0 saturated carbocycles. The summed E-state index contributed by atoms with van der Waals surface area (Å²) in [5.41, 5.74) is 1.60. The van der Waals surface area contributed by atoms with Crippen LogP contribution in [0.15, 0.2) is 30.5 Å². The Bertz CT molecular complexity index is 1190. The Morgan fingerprint density at radius 1 is 1.27 bits per heavy atom. The number of nitrogens with zero attached hydrogens (tertiary/aromatic N) is 2. The summed E-state index contributed by atoms with van der Waals surface area (Å²) in [5, 5.41) is 7.52. The monoisotopic (exact) mass is 491 g/mol. The number of aryl methyl sites for hydroxylation is 1. The van der Waals surface area contributed by atoms with Crippen molar-refractivity contribution in [1.82, 2.24) is 9.78 Å². The largest absolute Gasteiger partial charge is 0.471 e. The van der Waals surface area contributed by atoms with Crippen molar-refractivity contribution >= 4 is 39.8 Å². The van der Waals surface area contributed by atoms with Crippen LogP contribution in [0.4, 0.5) is 9.39 Å². The maximum atomic E-state index is 13.3. The van der Waals surface area contributed by atoms with Gasteiger partial charge >= 0.3 is 5.97 Å². The highest BCUT2D eigenvalue weighted by atomic mass is 35.5. The van der Waals surface area contributed by atoms with Crippen LogP contribution in [0, 0.1) is 5.82 Å². The number of carbonyl (C=O) groups is 2. The predicted octanol–water partition coefficient (Wildman–Crippen LogP) is 5.47. The maximum Gasteiger partial charge on any atom is 0.341 e. The third-order valence-corrected chi connectivity index (χ3v) is 6.57. The molecule has 0 spiro atoms. The van der Waals surface area contributed by atoms with Crippen LogP contribution in [-0.4, -0.2) is 27.8 Å². The van der Waals surface area contributed by atoms with E-state index in [1.807, 2.05) is 0 Å². The predicted molar refractivity (Wildman–Crippen MR) is 124 cm³/mol. The summed E-state index contributed by atoms with van der Waals surface area (Å²) >= 11 is 7.18. The summed E-state index contributed by atoms with van der Waals surface area (Å²) in [4.78, 5) is 26.7. The Labute approximate surface area is 199 Å². The molecular formula is C23H23ClFN3O4S. The molecule has 2 heterocycles. The van der Waals surface area contributed by atoms with Crippen molar-refractivity contribution in [3.8, 4) is 5.75 Å². The van der Waals surface area contributed by atoms with Crippen LogP contribution in [0.3, 0.4) is 0 Å². The zero-order valence-corrected chi connectivity index (χ0v) is 19.8. The molecule has 0 atom stereocenters. The number of hydrogen-bond donors (Lipinski definition) is 1. The lowest BCUT2D eigenvalue weighted by atomic mass is 9.95. The Hall–Kier alpha value is -2.91. The van der Waals surface area contributed by atoms with Crippen LogP contribution in [0.2, 0.25) is 5.02 Å². The first-order chi connectivity index (χ1) is 15.8. The van der Waals surface area contributed by atoms with Crippen LogP contribution in [-0.2, 0) is 24.3 Å². The third kappa shape index (κ3) is 5.36. The van der Waals surface area contributed by atoms with E-state index in [0.29, 0.717) is 16.3 Å². The summed E-state index contributed by atoms with van der Waals surface area (Å²) in [6, 6.07) is 5.58. The van der Waals surface area contributed by atoms with Crippen molar-refractivity contribution in [2.45, 2.75) is 52.4 Å². The van der Waals surface area contributed by atoms with Crippen LogP contribution in [0.25, 0.3) is 0 Å². The van der Waals surface area contributed by atoms with E-state index in [2.05, 4.69) is 10.4 Å². The minimum atomic E-state index is -0.533. The topological polar surface area (TPSA) is 82.5 Å². The first kappa shape index (κ1) is 23.3. The van der Waals surface area contributed by atoms with E-state index in [4.69, 9.17) is 21.1 Å². The molecule has 10 heteroatoms. The smallest absolute Gasteiger partial charge is 0.341 e. The number of thiophene rings is 1. The molecule has 0 radical (unpaired) electrons. The lowest BCUT2D eigenvalue weighted by molar-refractivity contribution is 0.0378. The molecule has 0 unspecified atom stereocenters. The SMILES string of the molecule is CC(C)OC(=O)c1c(NC(=O)c2ccn(COc3ccc(F)c(Cl)c3)n2)sc2c1CCCC2. The van der Waals surface area contributed by atoms with Crippen LogP contribution in [0.1, 0.15) is 58.0 Å². The second kappa shape index (κ2) is 9.93. The normalized spacial score (nSPS) is 13.0. The number of fused-ring (bicyclic) bond motifs is 1. The average Bonchev–Trinajstić information content (AvgIpc) is 3.38. The standard InChI is InChI=1S/C23H23ClFN3O4S/c1-13(2)32-23(30)20-15-5-3-4-6-19(15)33-22(20)26-21(29)18-9-10-28(27-18)12-31-14-7-8-17(25)16(24)11-14/h7-11,13H,3-6,12H2,1-2H3,(H,26,29). The van der Waals surface area contributed by atoms with E-state index < -0.39 is 17.7 Å². The number of anilines is 1. The van der Waals surface area contributed by atoms with Gasteiger partial charge in [0.1, 0.15) is 16.6 Å². The summed E-state index contributed by atoms with van der Waals surface area (Å²) in [5.74, 6) is -1.01. The number of esters is 1. The highest BCUT2D eigenvalue weighted by Gasteiger charge is 2.28. The number of amides is 1. The molecule has 1 aromatic carbocycles. The Balaban J connectivity index is 1.47. The molecule has 0 fully saturated rings. The summed E-state index contributed by atoms with van der Waals surface area (Å²) in [7, 11) is 0. The molecule has 1 aliphatic carbocycles. The van der Waals surface area contributed by atoms with Gasteiger partial charge in [-0.15, -0.1) is 11.3 Å². The van der Waals surface area contributed by atoms with Gasteiger partial charge in [0.05, 0.1) is 16.7 Å². The number of nitrogens with one attached hydrogen (secondary N) is 1. The van der Waals surface area contributed by atoms with E-state index in [1.54, 1.807) is 26.1 Å². The number of rotatable bonds is 7. The van der Waals surface area contributed by atoms with Crippen molar-refractivity contribution in [3.05, 3.63) is 63.0 Å². The van der Waals surface area contributed by atoms with Crippen molar-refractivity contribution in [1.29, 1.82) is 0 Å².